The molecule has 0 atom stereocenters. The summed E-state index contributed by atoms with van der Waals surface area (Å²) < 4.78 is 0. The van der Waals surface area contributed by atoms with Crippen LogP contribution in [0.1, 0.15) is 11.7 Å². The molecule has 2 N–H and O–H groups in total. The van der Waals surface area contributed by atoms with Gasteiger partial charge in [0, 0.05) is 20.3 Å². The van der Waals surface area contributed by atoms with Crippen molar-refractivity contribution in [1.29, 1.82) is 0 Å². The maximum absolute atomic E-state index is 11.9. The van der Waals surface area contributed by atoms with Gasteiger partial charge < -0.3 is 15.5 Å². The highest BCUT2D eigenvalue weighted by Crippen LogP contribution is 2.15. The van der Waals surface area contributed by atoms with Gasteiger partial charge in [-0.15, -0.1) is 0 Å². The fourth-order valence-electron chi connectivity index (χ4n) is 1.74. The number of carbonyl (C=O) groups is 2. The number of nitrogens with zero attached hydrogens (tertiary/aromatic N) is 1. The highest BCUT2D eigenvalue weighted by Gasteiger charge is 2.29. The Balaban J connectivity index is 2.20. The van der Waals surface area contributed by atoms with Crippen LogP contribution in [0, 0.1) is 0 Å². The van der Waals surface area contributed by atoms with E-state index < -0.39 is 6.17 Å². The van der Waals surface area contributed by atoms with Gasteiger partial charge in [0.05, 0.1) is 0 Å². The average Bonchev–Trinajstić information content (AvgIpc) is 2.34. The highest BCUT2D eigenvalue weighted by molar-refractivity contribution is 6.20. The van der Waals surface area contributed by atoms with Crippen molar-refractivity contribution in [3.8, 4) is 0 Å². The lowest BCUT2D eigenvalue weighted by molar-refractivity contribution is -0.128. The maximum atomic E-state index is 11.9. The summed E-state index contributed by atoms with van der Waals surface area (Å²) in [6.07, 6.45) is 1.04. The largest absolute Gasteiger partial charge is 0.383 e. The molecule has 0 bridgehead atoms. The Labute approximate surface area is 105 Å². The number of hydrogen-bond acceptors (Lipinski definition) is 3. The molecule has 0 saturated carbocycles. The lowest BCUT2D eigenvalue weighted by atomic mass is 10.1. The normalized spacial score (nSPS) is 19.0. The smallest absolute Gasteiger partial charge is 0.260 e. The van der Waals surface area contributed by atoms with E-state index in [0.717, 1.165) is 5.56 Å². The van der Waals surface area contributed by atoms with Crippen molar-refractivity contribution in [2.24, 2.45) is 0 Å². The summed E-state index contributed by atoms with van der Waals surface area (Å²) in [5, 5.41) is 5.51. The second-order valence-electron chi connectivity index (χ2n) is 4.30. The van der Waals surface area contributed by atoms with E-state index in [4.69, 9.17) is 0 Å². The highest BCUT2D eigenvalue weighted by atomic mass is 16.2. The fourth-order valence-corrected chi connectivity index (χ4v) is 1.74. The predicted octanol–water partition coefficient (Wildman–Crippen LogP) is 0.377. The molecule has 5 nitrogen and oxygen atoms in total. The van der Waals surface area contributed by atoms with Crippen molar-refractivity contribution in [3.63, 3.8) is 0 Å². The van der Waals surface area contributed by atoms with Crippen LogP contribution in [0.15, 0.2) is 42.1 Å². The fraction of sp³-hybridized carbons (Fsp3) is 0.231. The van der Waals surface area contributed by atoms with Gasteiger partial charge in [-0.05, 0) is 5.56 Å². The van der Waals surface area contributed by atoms with Crippen molar-refractivity contribution in [2.75, 3.05) is 14.1 Å². The summed E-state index contributed by atoms with van der Waals surface area (Å²) in [5.74, 6) is -0.720. The zero-order chi connectivity index (χ0) is 13.1. The van der Waals surface area contributed by atoms with Gasteiger partial charge in [-0.2, -0.15) is 0 Å². The van der Waals surface area contributed by atoms with E-state index in [1.54, 1.807) is 19.0 Å². The Bertz CT molecular complexity index is 474. The number of hydrogen-bond donors (Lipinski definition) is 2. The number of amides is 2. The van der Waals surface area contributed by atoms with Gasteiger partial charge in [-0.1, -0.05) is 30.3 Å². The van der Waals surface area contributed by atoms with Crippen LogP contribution in [0.2, 0.25) is 0 Å². The summed E-state index contributed by atoms with van der Waals surface area (Å²) in [6.45, 7) is 0. The van der Waals surface area contributed by atoms with Gasteiger partial charge in [0.1, 0.15) is 11.7 Å². The Morgan fingerprint density at radius 1 is 1.06 bits per heavy atom. The molecule has 0 spiro atoms. The number of nitrogens with one attached hydrogen (secondary N) is 2. The summed E-state index contributed by atoms with van der Waals surface area (Å²) in [5.41, 5.74) is 0.968. The molecule has 0 unspecified atom stereocenters. The first-order chi connectivity index (χ1) is 8.58. The molecule has 1 aromatic carbocycles. The molecular formula is C13H15N3O2. The Morgan fingerprint density at radius 3 is 2.11 bits per heavy atom. The molecule has 5 heteroatoms. The summed E-state index contributed by atoms with van der Waals surface area (Å²) >= 11 is 0. The van der Waals surface area contributed by atoms with Gasteiger partial charge in [0.15, 0.2) is 0 Å². The van der Waals surface area contributed by atoms with E-state index in [1.807, 2.05) is 30.3 Å². The molecule has 94 valence electrons. The zero-order valence-corrected chi connectivity index (χ0v) is 10.3. The van der Waals surface area contributed by atoms with Crippen LogP contribution in [0.4, 0.5) is 0 Å². The van der Waals surface area contributed by atoms with Crippen LogP contribution < -0.4 is 10.6 Å². The molecular weight excluding hydrogens is 230 g/mol. The van der Waals surface area contributed by atoms with Gasteiger partial charge >= 0.3 is 0 Å². The van der Waals surface area contributed by atoms with Crippen molar-refractivity contribution in [3.05, 3.63) is 47.7 Å². The molecule has 2 amide bonds. The monoisotopic (exact) mass is 245 g/mol. The Morgan fingerprint density at radius 2 is 1.61 bits per heavy atom. The van der Waals surface area contributed by atoms with Gasteiger partial charge in [0.2, 0.25) is 0 Å². The third-order valence-corrected chi connectivity index (χ3v) is 2.56. The summed E-state index contributed by atoms with van der Waals surface area (Å²) in [4.78, 5) is 25.4. The zero-order valence-electron chi connectivity index (χ0n) is 10.3. The Kier molecular flexibility index (Phi) is 3.32. The van der Waals surface area contributed by atoms with Gasteiger partial charge in [0.25, 0.3) is 11.8 Å². The van der Waals surface area contributed by atoms with Gasteiger partial charge in [-0.25, -0.2) is 0 Å². The van der Waals surface area contributed by atoms with Crippen LogP contribution in [-0.2, 0) is 9.59 Å². The topological polar surface area (TPSA) is 61.4 Å². The molecule has 1 heterocycles. The lowest BCUT2D eigenvalue weighted by Crippen LogP contribution is -2.50. The molecule has 1 aliphatic heterocycles. The molecule has 2 rings (SSSR count). The van der Waals surface area contributed by atoms with Gasteiger partial charge in [-0.3, -0.25) is 9.59 Å². The standard InChI is InChI=1S/C13H15N3O2/c1-16(2)8-10-12(17)14-11(15-13(10)18)9-6-4-3-5-7-9/h3-8,11H,1-2H3,(H,14,17)(H,15,18). The molecule has 0 aromatic heterocycles. The number of carbonyl (C=O) groups excluding carboxylic acids is 2. The predicted molar refractivity (Wildman–Crippen MR) is 67.2 cm³/mol. The minimum Gasteiger partial charge on any atom is -0.383 e. The third-order valence-electron chi connectivity index (χ3n) is 2.56. The molecule has 1 fully saturated rings. The van der Waals surface area contributed by atoms with Crippen molar-refractivity contribution in [2.45, 2.75) is 6.17 Å². The number of benzene rings is 1. The SMILES string of the molecule is CN(C)C=C1C(=O)NC(c2ccccc2)NC1=O. The first kappa shape index (κ1) is 12.2. The van der Waals surface area contributed by atoms with E-state index in [0.29, 0.717) is 0 Å². The summed E-state index contributed by atoms with van der Waals surface area (Å²) in [6, 6.07) is 9.31. The molecule has 1 aromatic rings. The van der Waals surface area contributed by atoms with Crippen LogP contribution in [-0.4, -0.2) is 30.8 Å². The Hall–Kier alpha value is -2.30. The van der Waals surface area contributed by atoms with Crippen molar-refractivity contribution in [1.82, 2.24) is 15.5 Å². The molecule has 18 heavy (non-hydrogen) atoms. The minimum atomic E-state index is -0.467. The third kappa shape index (κ3) is 2.51. The first-order valence-corrected chi connectivity index (χ1v) is 5.63. The lowest BCUT2D eigenvalue weighted by Gasteiger charge is -2.26. The van der Waals surface area contributed by atoms with Crippen molar-refractivity contribution < 1.29 is 9.59 Å². The maximum Gasteiger partial charge on any atom is 0.260 e. The molecule has 1 saturated heterocycles. The van der Waals surface area contributed by atoms with Crippen molar-refractivity contribution >= 4 is 11.8 Å². The van der Waals surface area contributed by atoms with E-state index in [2.05, 4.69) is 10.6 Å². The second kappa shape index (κ2) is 4.91. The minimum absolute atomic E-state index is 0.118. The molecule has 1 aliphatic rings. The van der Waals surface area contributed by atoms with Crippen LogP contribution >= 0.6 is 0 Å². The van der Waals surface area contributed by atoms with Crippen LogP contribution in [0.25, 0.3) is 0 Å². The first-order valence-electron chi connectivity index (χ1n) is 5.63. The average molecular weight is 245 g/mol. The number of rotatable bonds is 2. The second-order valence-corrected chi connectivity index (χ2v) is 4.30. The van der Waals surface area contributed by atoms with Crippen LogP contribution in [0.5, 0.6) is 0 Å². The van der Waals surface area contributed by atoms with Crippen LogP contribution in [0.3, 0.4) is 0 Å². The summed E-state index contributed by atoms with van der Waals surface area (Å²) in [7, 11) is 3.52. The van der Waals surface area contributed by atoms with E-state index in [-0.39, 0.29) is 17.4 Å². The van der Waals surface area contributed by atoms with E-state index >= 15 is 0 Å². The van der Waals surface area contributed by atoms with E-state index in [9.17, 15) is 9.59 Å². The molecule has 0 aliphatic carbocycles. The quantitative estimate of drug-likeness (QED) is 0.585. The van der Waals surface area contributed by atoms with E-state index in [1.165, 1.54) is 6.20 Å². The molecule has 0 radical (unpaired) electrons.